The van der Waals surface area contributed by atoms with Gasteiger partial charge in [0, 0.05) is 17.7 Å². The summed E-state index contributed by atoms with van der Waals surface area (Å²) in [6.07, 6.45) is 2.53. The molecule has 0 aliphatic heterocycles. The van der Waals surface area contributed by atoms with Crippen LogP contribution in [0.4, 0.5) is 0 Å². The molecule has 0 aliphatic carbocycles. The van der Waals surface area contributed by atoms with Gasteiger partial charge in [-0.25, -0.2) is 4.98 Å². The molecule has 11 heavy (non-hydrogen) atoms. The van der Waals surface area contributed by atoms with Gasteiger partial charge in [-0.2, -0.15) is 0 Å². The van der Waals surface area contributed by atoms with Gasteiger partial charge in [0.05, 0.1) is 12.0 Å². The Labute approximate surface area is 67.0 Å². The zero-order valence-corrected chi connectivity index (χ0v) is 7.31. The quantitative estimate of drug-likeness (QED) is 0.666. The SMILES string of the molecule is Cc1[nH]cnc1CC(C)(C)N. The summed E-state index contributed by atoms with van der Waals surface area (Å²) in [7, 11) is 0. The molecule has 0 saturated heterocycles. The Bertz CT molecular complexity index is 232. The molecular weight excluding hydrogens is 138 g/mol. The van der Waals surface area contributed by atoms with E-state index in [2.05, 4.69) is 9.97 Å². The van der Waals surface area contributed by atoms with Crippen LogP contribution in [-0.2, 0) is 6.42 Å². The highest BCUT2D eigenvalue weighted by atomic mass is 14.9. The van der Waals surface area contributed by atoms with E-state index in [1.54, 1.807) is 6.33 Å². The zero-order chi connectivity index (χ0) is 8.48. The van der Waals surface area contributed by atoms with E-state index in [9.17, 15) is 0 Å². The molecular formula is C8H15N3. The molecule has 0 aliphatic rings. The summed E-state index contributed by atoms with van der Waals surface area (Å²) in [4.78, 5) is 7.19. The summed E-state index contributed by atoms with van der Waals surface area (Å²) < 4.78 is 0. The molecule has 0 amide bonds. The van der Waals surface area contributed by atoms with Gasteiger partial charge in [-0.1, -0.05) is 0 Å². The minimum atomic E-state index is -0.167. The highest BCUT2D eigenvalue weighted by molar-refractivity contribution is 5.11. The number of hydrogen-bond donors (Lipinski definition) is 2. The van der Waals surface area contributed by atoms with Crippen molar-refractivity contribution in [3.8, 4) is 0 Å². The molecule has 62 valence electrons. The molecule has 0 aromatic carbocycles. The van der Waals surface area contributed by atoms with Gasteiger partial charge in [-0.3, -0.25) is 0 Å². The van der Waals surface area contributed by atoms with Gasteiger partial charge in [0.25, 0.3) is 0 Å². The van der Waals surface area contributed by atoms with Crippen molar-refractivity contribution in [1.29, 1.82) is 0 Å². The topological polar surface area (TPSA) is 54.7 Å². The number of hydrogen-bond acceptors (Lipinski definition) is 2. The Morgan fingerprint density at radius 1 is 1.64 bits per heavy atom. The third-order valence-electron chi connectivity index (χ3n) is 1.56. The number of aryl methyl sites for hydroxylation is 1. The Morgan fingerprint density at radius 2 is 2.27 bits per heavy atom. The first-order valence-corrected chi connectivity index (χ1v) is 3.77. The van der Waals surface area contributed by atoms with Gasteiger partial charge in [0.15, 0.2) is 0 Å². The molecule has 0 spiro atoms. The molecule has 1 rings (SSSR count). The molecule has 1 heterocycles. The smallest absolute Gasteiger partial charge is 0.0925 e. The van der Waals surface area contributed by atoms with E-state index in [-0.39, 0.29) is 5.54 Å². The van der Waals surface area contributed by atoms with Gasteiger partial charge < -0.3 is 10.7 Å². The van der Waals surface area contributed by atoms with Crippen molar-refractivity contribution in [2.45, 2.75) is 32.7 Å². The van der Waals surface area contributed by atoms with Crippen LogP contribution >= 0.6 is 0 Å². The van der Waals surface area contributed by atoms with Crippen LogP contribution < -0.4 is 5.73 Å². The van der Waals surface area contributed by atoms with E-state index >= 15 is 0 Å². The Kier molecular flexibility index (Phi) is 2.00. The van der Waals surface area contributed by atoms with Crippen LogP contribution in [0.3, 0.4) is 0 Å². The number of imidazole rings is 1. The van der Waals surface area contributed by atoms with Crippen molar-refractivity contribution in [2.75, 3.05) is 0 Å². The molecule has 0 bridgehead atoms. The lowest BCUT2D eigenvalue weighted by Crippen LogP contribution is -2.34. The largest absolute Gasteiger partial charge is 0.348 e. The second kappa shape index (κ2) is 2.66. The lowest BCUT2D eigenvalue weighted by Gasteiger charge is -2.16. The Morgan fingerprint density at radius 3 is 2.64 bits per heavy atom. The Hall–Kier alpha value is -0.830. The fraction of sp³-hybridized carbons (Fsp3) is 0.625. The van der Waals surface area contributed by atoms with Crippen molar-refractivity contribution in [1.82, 2.24) is 9.97 Å². The predicted octanol–water partition coefficient (Wildman–Crippen LogP) is 0.998. The van der Waals surface area contributed by atoms with Gasteiger partial charge in [-0.05, 0) is 20.8 Å². The highest BCUT2D eigenvalue weighted by Gasteiger charge is 2.14. The van der Waals surface area contributed by atoms with Crippen LogP contribution in [0.5, 0.6) is 0 Å². The average molecular weight is 153 g/mol. The molecule has 1 aromatic heterocycles. The van der Waals surface area contributed by atoms with E-state index in [1.807, 2.05) is 20.8 Å². The van der Waals surface area contributed by atoms with Gasteiger partial charge in [0.1, 0.15) is 0 Å². The third-order valence-corrected chi connectivity index (χ3v) is 1.56. The Balaban J connectivity index is 2.72. The maximum absolute atomic E-state index is 5.84. The predicted molar refractivity (Wildman–Crippen MR) is 45.3 cm³/mol. The molecule has 3 N–H and O–H groups in total. The van der Waals surface area contributed by atoms with Crippen LogP contribution in [0.1, 0.15) is 25.2 Å². The van der Waals surface area contributed by atoms with Crippen LogP contribution in [0, 0.1) is 6.92 Å². The van der Waals surface area contributed by atoms with Crippen molar-refractivity contribution < 1.29 is 0 Å². The molecule has 0 radical (unpaired) electrons. The number of nitrogens with zero attached hydrogens (tertiary/aromatic N) is 1. The highest BCUT2D eigenvalue weighted by Crippen LogP contribution is 2.09. The minimum absolute atomic E-state index is 0.167. The van der Waals surface area contributed by atoms with Crippen molar-refractivity contribution >= 4 is 0 Å². The van der Waals surface area contributed by atoms with Gasteiger partial charge in [-0.15, -0.1) is 0 Å². The van der Waals surface area contributed by atoms with E-state index < -0.39 is 0 Å². The molecule has 3 heteroatoms. The minimum Gasteiger partial charge on any atom is -0.348 e. The maximum atomic E-state index is 5.84. The normalized spacial score (nSPS) is 12.0. The fourth-order valence-corrected chi connectivity index (χ4v) is 0.997. The number of aromatic amines is 1. The first-order chi connectivity index (χ1) is 4.99. The van der Waals surface area contributed by atoms with E-state index in [1.165, 1.54) is 0 Å². The van der Waals surface area contributed by atoms with Crippen LogP contribution in [0.2, 0.25) is 0 Å². The van der Waals surface area contributed by atoms with Crippen LogP contribution in [-0.4, -0.2) is 15.5 Å². The lowest BCUT2D eigenvalue weighted by molar-refractivity contribution is 0.510. The van der Waals surface area contributed by atoms with Gasteiger partial charge >= 0.3 is 0 Å². The maximum Gasteiger partial charge on any atom is 0.0925 e. The van der Waals surface area contributed by atoms with Crippen molar-refractivity contribution in [3.05, 3.63) is 17.7 Å². The van der Waals surface area contributed by atoms with Crippen molar-refractivity contribution in [3.63, 3.8) is 0 Å². The summed E-state index contributed by atoms with van der Waals surface area (Å²) >= 11 is 0. The molecule has 0 saturated carbocycles. The number of nitrogens with one attached hydrogen (secondary N) is 1. The van der Waals surface area contributed by atoms with Crippen LogP contribution in [0.15, 0.2) is 6.33 Å². The molecule has 3 nitrogen and oxygen atoms in total. The number of aromatic nitrogens is 2. The molecule has 0 atom stereocenters. The molecule has 1 aromatic rings. The van der Waals surface area contributed by atoms with E-state index in [0.717, 1.165) is 17.8 Å². The fourth-order valence-electron chi connectivity index (χ4n) is 0.997. The number of rotatable bonds is 2. The second-order valence-corrected chi connectivity index (χ2v) is 3.64. The second-order valence-electron chi connectivity index (χ2n) is 3.64. The standard InChI is InChI=1S/C8H15N3/c1-6-7(11-5-10-6)4-8(2,3)9/h5H,4,9H2,1-3H3,(H,10,11). The summed E-state index contributed by atoms with van der Waals surface area (Å²) in [5, 5.41) is 0. The first-order valence-electron chi connectivity index (χ1n) is 3.77. The monoisotopic (exact) mass is 153 g/mol. The zero-order valence-electron chi connectivity index (χ0n) is 7.31. The summed E-state index contributed by atoms with van der Waals surface area (Å²) in [5.41, 5.74) is 7.86. The van der Waals surface area contributed by atoms with Crippen molar-refractivity contribution in [2.24, 2.45) is 5.73 Å². The molecule has 0 fully saturated rings. The summed E-state index contributed by atoms with van der Waals surface area (Å²) in [6.45, 7) is 6.01. The summed E-state index contributed by atoms with van der Waals surface area (Å²) in [6, 6.07) is 0. The average Bonchev–Trinajstić information content (AvgIpc) is 2.12. The lowest BCUT2D eigenvalue weighted by atomic mass is 9.99. The number of H-pyrrole nitrogens is 1. The summed E-state index contributed by atoms with van der Waals surface area (Å²) in [5.74, 6) is 0. The van der Waals surface area contributed by atoms with E-state index in [0.29, 0.717) is 0 Å². The van der Waals surface area contributed by atoms with Crippen LogP contribution in [0.25, 0.3) is 0 Å². The molecule has 0 unspecified atom stereocenters. The third kappa shape index (κ3) is 2.35. The first kappa shape index (κ1) is 8.27. The number of nitrogens with two attached hydrogens (primary N) is 1. The van der Waals surface area contributed by atoms with E-state index in [4.69, 9.17) is 5.73 Å². The van der Waals surface area contributed by atoms with Gasteiger partial charge in [0.2, 0.25) is 0 Å².